The van der Waals surface area contributed by atoms with E-state index in [1.165, 1.54) is 0 Å². The fourth-order valence-corrected chi connectivity index (χ4v) is 3.87. The van der Waals surface area contributed by atoms with Gasteiger partial charge in [0.2, 0.25) is 11.8 Å². The Morgan fingerprint density at radius 1 is 1.04 bits per heavy atom. The minimum absolute atomic E-state index is 0.330. The summed E-state index contributed by atoms with van der Waals surface area (Å²) in [6, 6.07) is 8.49. The van der Waals surface area contributed by atoms with Gasteiger partial charge in [-0.15, -0.1) is 0 Å². The van der Waals surface area contributed by atoms with Crippen LogP contribution in [0, 0.1) is 6.92 Å². The summed E-state index contributed by atoms with van der Waals surface area (Å²) in [7, 11) is 1.60. The molecule has 0 aliphatic heterocycles. The van der Waals surface area contributed by atoms with Gasteiger partial charge in [-0.3, -0.25) is 0 Å². The van der Waals surface area contributed by atoms with Crippen molar-refractivity contribution < 1.29 is 4.74 Å². The Morgan fingerprint density at radius 3 is 2.54 bits per heavy atom. The molecule has 0 spiro atoms. The van der Waals surface area contributed by atoms with Crippen LogP contribution in [-0.4, -0.2) is 34.1 Å². The summed E-state index contributed by atoms with van der Waals surface area (Å²) in [4.78, 5) is 13.6. The van der Waals surface area contributed by atoms with Gasteiger partial charge >= 0.3 is 0 Å². The van der Waals surface area contributed by atoms with Gasteiger partial charge in [0.15, 0.2) is 0 Å². The van der Waals surface area contributed by atoms with Crippen molar-refractivity contribution >= 4 is 22.7 Å². The molecule has 0 bridgehead atoms. The van der Waals surface area contributed by atoms with Crippen LogP contribution >= 0.6 is 0 Å². The van der Waals surface area contributed by atoms with Gasteiger partial charge in [-0.05, 0) is 61.9 Å². The number of aryl methyl sites for hydroxylation is 1. The monoisotopic (exact) mass is 378 g/mol. The molecule has 1 saturated carbocycles. The summed E-state index contributed by atoms with van der Waals surface area (Å²) in [5, 5.41) is 4.47. The predicted molar refractivity (Wildman–Crippen MR) is 112 cm³/mol. The number of aromatic nitrogens is 3. The summed E-state index contributed by atoms with van der Waals surface area (Å²) < 4.78 is 5.42. The third-order valence-corrected chi connectivity index (χ3v) is 5.50. The number of pyridine rings is 1. The Morgan fingerprint density at radius 2 is 1.79 bits per heavy atom. The predicted octanol–water partition coefficient (Wildman–Crippen LogP) is 3.27. The SMILES string of the molecule is COc1nc(N)ccc1-c1ccc2nc(N[C@H]3CC[C@H](N)CC3)ncc2c1C. The van der Waals surface area contributed by atoms with Gasteiger partial charge in [-0.1, -0.05) is 6.07 Å². The standard InChI is InChI=1S/C21H26N6O/c1-12-15(16-8-10-19(23)27-20(16)28-2)7-9-18-17(12)11-24-21(26-18)25-14-5-3-13(22)4-6-14/h7-11,13-14H,3-6,22H2,1-2H3,(H2,23,27)(H,24,25,26)/t13-,14-. The molecule has 28 heavy (non-hydrogen) atoms. The molecule has 146 valence electrons. The van der Waals surface area contributed by atoms with Crippen molar-refractivity contribution in [3.63, 3.8) is 0 Å². The van der Waals surface area contributed by atoms with Crippen LogP contribution in [0.25, 0.3) is 22.0 Å². The van der Waals surface area contributed by atoms with E-state index < -0.39 is 0 Å². The maximum absolute atomic E-state index is 5.99. The topological polar surface area (TPSA) is 112 Å². The highest BCUT2D eigenvalue weighted by molar-refractivity contribution is 5.90. The molecule has 0 saturated heterocycles. The summed E-state index contributed by atoms with van der Waals surface area (Å²) in [5.74, 6) is 1.62. The van der Waals surface area contributed by atoms with Crippen LogP contribution in [0.5, 0.6) is 5.88 Å². The van der Waals surface area contributed by atoms with E-state index in [-0.39, 0.29) is 0 Å². The Labute approximate surface area is 164 Å². The van der Waals surface area contributed by atoms with E-state index in [4.69, 9.17) is 21.2 Å². The number of rotatable bonds is 4. The number of hydrogen-bond acceptors (Lipinski definition) is 7. The molecule has 5 N–H and O–H groups in total. The molecular weight excluding hydrogens is 352 g/mol. The first-order valence-electron chi connectivity index (χ1n) is 9.64. The van der Waals surface area contributed by atoms with Gasteiger partial charge in [0.25, 0.3) is 0 Å². The highest BCUT2D eigenvalue weighted by Crippen LogP contribution is 2.34. The zero-order chi connectivity index (χ0) is 19.7. The molecule has 3 aromatic rings. The molecule has 0 atom stereocenters. The minimum atomic E-state index is 0.330. The lowest BCUT2D eigenvalue weighted by molar-refractivity contribution is 0.400. The van der Waals surface area contributed by atoms with E-state index in [0.717, 1.165) is 53.3 Å². The second-order valence-electron chi connectivity index (χ2n) is 7.41. The van der Waals surface area contributed by atoms with Crippen LogP contribution in [0.15, 0.2) is 30.5 Å². The number of benzene rings is 1. The fourth-order valence-electron chi connectivity index (χ4n) is 3.87. The lowest BCUT2D eigenvalue weighted by Crippen LogP contribution is -2.33. The summed E-state index contributed by atoms with van der Waals surface area (Å²) >= 11 is 0. The quantitative estimate of drug-likeness (QED) is 0.639. The van der Waals surface area contributed by atoms with Gasteiger partial charge in [0.1, 0.15) is 5.82 Å². The number of nitrogens with one attached hydrogen (secondary N) is 1. The lowest BCUT2D eigenvalue weighted by atomic mass is 9.92. The molecular formula is C21H26N6O. The molecule has 2 aromatic heterocycles. The van der Waals surface area contributed by atoms with Crippen LogP contribution in [0.4, 0.5) is 11.8 Å². The first kappa shape index (κ1) is 18.4. The molecule has 7 heteroatoms. The van der Waals surface area contributed by atoms with Crippen molar-refractivity contribution in [2.75, 3.05) is 18.2 Å². The van der Waals surface area contributed by atoms with Crippen molar-refractivity contribution in [1.82, 2.24) is 15.0 Å². The molecule has 7 nitrogen and oxygen atoms in total. The van der Waals surface area contributed by atoms with Crippen LogP contribution < -0.4 is 21.5 Å². The number of hydrogen-bond donors (Lipinski definition) is 3. The second-order valence-corrected chi connectivity index (χ2v) is 7.41. The minimum Gasteiger partial charge on any atom is -0.480 e. The van der Waals surface area contributed by atoms with E-state index in [2.05, 4.69) is 22.2 Å². The van der Waals surface area contributed by atoms with Gasteiger partial charge < -0.3 is 21.5 Å². The average Bonchev–Trinajstić information content (AvgIpc) is 2.70. The Hall–Kier alpha value is -2.93. The van der Waals surface area contributed by atoms with Gasteiger partial charge in [-0.25, -0.2) is 9.97 Å². The third-order valence-electron chi connectivity index (χ3n) is 5.50. The number of nitrogens with zero attached hydrogens (tertiary/aromatic N) is 3. The fraction of sp³-hybridized carbons (Fsp3) is 0.381. The van der Waals surface area contributed by atoms with E-state index in [9.17, 15) is 0 Å². The number of nitrogen functional groups attached to an aromatic ring is 1. The van der Waals surface area contributed by atoms with Crippen molar-refractivity contribution in [2.45, 2.75) is 44.7 Å². The highest BCUT2D eigenvalue weighted by Gasteiger charge is 2.19. The van der Waals surface area contributed by atoms with Crippen LogP contribution in [-0.2, 0) is 0 Å². The van der Waals surface area contributed by atoms with Gasteiger partial charge in [-0.2, -0.15) is 4.98 Å². The van der Waals surface area contributed by atoms with Crippen LogP contribution in [0.2, 0.25) is 0 Å². The smallest absolute Gasteiger partial charge is 0.223 e. The molecule has 0 unspecified atom stereocenters. The van der Waals surface area contributed by atoms with E-state index in [0.29, 0.717) is 29.7 Å². The molecule has 2 heterocycles. The van der Waals surface area contributed by atoms with Crippen LogP contribution in [0.1, 0.15) is 31.2 Å². The highest BCUT2D eigenvalue weighted by atomic mass is 16.5. The molecule has 4 rings (SSSR count). The van der Waals surface area contributed by atoms with Crippen molar-refractivity contribution in [2.24, 2.45) is 5.73 Å². The Kier molecular flexibility index (Phi) is 5.00. The zero-order valence-electron chi connectivity index (χ0n) is 16.3. The first-order valence-corrected chi connectivity index (χ1v) is 9.64. The zero-order valence-corrected chi connectivity index (χ0v) is 16.3. The number of anilines is 2. The Balaban J connectivity index is 1.65. The molecule has 0 amide bonds. The molecule has 0 radical (unpaired) electrons. The summed E-state index contributed by atoms with van der Waals surface area (Å²) in [6.45, 7) is 2.06. The maximum Gasteiger partial charge on any atom is 0.223 e. The van der Waals surface area contributed by atoms with Crippen molar-refractivity contribution in [3.05, 3.63) is 36.0 Å². The second kappa shape index (κ2) is 7.59. The van der Waals surface area contributed by atoms with Gasteiger partial charge in [0.05, 0.1) is 12.6 Å². The van der Waals surface area contributed by atoms with Crippen LogP contribution in [0.3, 0.4) is 0 Å². The van der Waals surface area contributed by atoms with Crippen molar-refractivity contribution in [1.29, 1.82) is 0 Å². The average molecular weight is 378 g/mol. The van der Waals surface area contributed by atoms with Gasteiger partial charge in [0, 0.05) is 29.2 Å². The normalized spacial score (nSPS) is 19.5. The molecule has 1 fully saturated rings. The maximum atomic E-state index is 5.99. The largest absolute Gasteiger partial charge is 0.480 e. The lowest BCUT2D eigenvalue weighted by Gasteiger charge is -2.26. The molecule has 1 aromatic carbocycles. The summed E-state index contributed by atoms with van der Waals surface area (Å²) in [6.07, 6.45) is 6.10. The number of fused-ring (bicyclic) bond motifs is 1. The first-order chi connectivity index (χ1) is 13.5. The number of ether oxygens (including phenoxy) is 1. The van der Waals surface area contributed by atoms with E-state index in [1.807, 2.05) is 24.4 Å². The Bertz CT molecular complexity index is 998. The number of methoxy groups -OCH3 is 1. The third kappa shape index (κ3) is 3.57. The van der Waals surface area contributed by atoms with E-state index >= 15 is 0 Å². The molecule has 1 aliphatic rings. The van der Waals surface area contributed by atoms with E-state index in [1.54, 1.807) is 13.2 Å². The molecule has 1 aliphatic carbocycles. The van der Waals surface area contributed by atoms with Crippen molar-refractivity contribution in [3.8, 4) is 17.0 Å². The number of nitrogens with two attached hydrogens (primary N) is 2. The summed E-state index contributed by atoms with van der Waals surface area (Å²) in [5.41, 5.74) is 15.7.